The van der Waals surface area contributed by atoms with Crippen molar-refractivity contribution in [3.8, 4) is 0 Å². The van der Waals surface area contributed by atoms with Crippen LogP contribution in [0, 0.1) is 5.92 Å². The number of piperidine rings is 1. The Bertz CT molecular complexity index is 384. The van der Waals surface area contributed by atoms with Crippen LogP contribution in [0.15, 0.2) is 4.99 Å². The molecular formula is C19H38N4O2. The van der Waals surface area contributed by atoms with Crippen molar-refractivity contribution in [2.75, 3.05) is 66.1 Å². The largest absolute Gasteiger partial charge is 0.385 e. The van der Waals surface area contributed by atoms with Crippen LogP contribution >= 0.6 is 0 Å². The molecule has 146 valence electrons. The predicted octanol–water partition coefficient (Wildman–Crippen LogP) is 1.81. The maximum Gasteiger partial charge on any atom is 0.193 e. The standard InChI is InChI=1S/C19H38N4O2/c1-4-20-19(21-15-17-7-10-22(5-2)16-17)23-11-8-18(9-12-23)25-14-6-13-24-3/h17-18H,4-16H2,1-3H3,(H,20,21). The third-order valence-electron chi connectivity index (χ3n) is 5.24. The van der Waals surface area contributed by atoms with Gasteiger partial charge in [0.2, 0.25) is 0 Å². The molecule has 1 unspecified atom stereocenters. The van der Waals surface area contributed by atoms with Gasteiger partial charge in [-0.25, -0.2) is 0 Å². The van der Waals surface area contributed by atoms with Gasteiger partial charge in [-0.05, 0) is 51.6 Å². The number of aliphatic imine (C=N–C) groups is 1. The van der Waals surface area contributed by atoms with E-state index in [2.05, 4.69) is 29.0 Å². The van der Waals surface area contributed by atoms with Gasteiger partial charge < -0.3 is 24.6 Å². The average molecular weight is 355 g/mol. The third-order valence-corrected chi connectivity index (χ3v) is 5.24. The first kappa shape index (κ1) is 20.5. The lowest BCUT2D eigenvalue weighted by molar-refractivity contribution is 0.00989. The first-order valence-electron chi connectivity index (χ1n) is 10.1. The molecule has 2 heterocycles. The Balaban J connectivity index is 1.74. The minimum absolute atomic E-state index is 0.393. The fourth-order valence-corrected chi connectivity index (χ4v) is 3.68. The van der Waals surface area contributed by atoms with Crippen LogP contribution in [-0.4, -0.2) is 88.0 Å². The van der Waals surface area contributed by atoms with E-state index in [0.29, 0.717) is 6.10 Å². The highest BCUT2D eigenvalue weighted by Gasteiger charge is 2.24. The summed E-state index contributed by atoms with van der Waals surface area (Å²) < 4.78 is 11.0. The van der Waals surface area contributed by atoms with Crippen molar-refractivity contribution in [2.45, 2.75) is 45.6 Å². The molecule has 1 N–H and O–H groups in total. The smallest absolute Gasteiger partial charge is 0.193 e. The number of nitrogens with zero attached hydrogens (tertiary/aromatic N) is 3. The number of hydrogen-bond acceptors (Lipinski definition) is 4. The van der Waals surface area contributed by atoms with Crippen molar-refractivity contribution < 1.29 is 9.47 Å². The van der Waals surface area contributed by atoms with Crippen LogP contribution in [0.3, 0.4) is 0 Å². The molecule has 0 aromatic heterocycles. The number of hydrogen-bond donors (Lipinski definition) is 1. The van der Waals surface area contributed by atoms with Gasteiger partial charge in [0.25, 0.3) is 0 Å². The van der Waals surface area contributed by atoms with Gasteiger partial charge in [0.05, 0.1) is 6.10 Å². The topological polar surface area (TPSA) is 49.3 Å². The van der Waals surface area contributed by atoms with E-state index in [0.717, 1.165) is 77.1 Å². The molecule has 6 nitrogen and oxygen atoms in total. The maximum absolute atomic E-state index is 5.97. The molecule has 6 heteroatoms. The van der Waals surface area contributed by atoms with Crippen molar-refractivity contribution in [3.63, 3.8) is 0 Å². The lowest BCUT2D eigenvalue weighted by Crippen LogP contribution is -2.47. The van der Waals surface area contributed by atoms with Crippen molar-refractivity contribution in [2.24, 2.45) is 10.9 Å². The first-order valence-corrected chi connectivity index (χ1v) is 10.1. The van der Waals surface area contributed by atoms with Crippen molar-refractivity contribution >= 4 is 5.96 Å². The SMILES string of the molecule is CCNC(=NCC1CCN(CC)C1)N1CCC(OCCCOC)CC1. The summed E-state index contributed by atoms with van der Waals surface area (Å²) >= 11 is 0. The van der Waals surface area contributed by atoms with Gasteiger partial charge in [-0.2, -0.15) is 0 Å². The number of ether oxygens (including phenoxy) is 2. The van der Waals surface area contributed by atoms with E-state index >= 15 is 0 Å². The summed E-state index contributed by atoms with van der Waals surface area (Å²) in [5.41, 5.74) is 0. The van der Waals surface area contributed by atoms with Crippen LogP contribution in [0.1, 0.15) is 39.5 Å². The van der Waals surface area contributed by atoms with E-state index in [1.165, 1.54) is 19.5 Å². The molecule has 2 fully saturated rings. The summed E-state index contributed by atoms with van der Waals surface area (Å²) in [6, 6.07) is 0. The van der Waals surface area contributed by atoms with Gasteiger partial charge in [-0.1, -0.05) is 6.92 Å². The minimum Gasteiger partial charge on any atom is -0.385 e. The van der Waals surface area contributed by atoms with Crippen LogP contribution < -0.4 is 5.32 Å². The third kappa shape index (κ3) is 7.12. The highest BCUT2D eigenvalue weighted by Crippen LogP contribution is 2.17. The van der Waals surface area contributed by atoms with E-state index in [9.17, 15) is 0 Å². The average Bonchev–Trinajstić information content (AvgIpc) is 3.11. The fourth-order valence-electron chi connectivity index (χ4n) is 3.68. The summed E-state index contributed by atoms with van der Waals surface area (Å²) in [5.74, 6) is 1.81. The Hall–Kier alpha value is -0.850. The molecule has 2 rings (SSSR count). The summed E-state index contributed by atoms with van der Waals surface area (Å²) in [6.07, 6.45) is 4.84. The quantitative estimate of drug-likeness (QED) is 0.389. The first-order chi connectivity index (χ1) is 12.3. The molecular weight excluding hydrogens is 316 g/mol. The summed E-state index contributed by atoms with van der Waals surface area (Å²) in [4.78, 5) is 9.88. The molecule has 2 aliphatic heterocycles. The molecule has 25 heavy (non-hydrogen) atoms. The van der Waals surface area contributed by atoms with Crippen LogP contribution in [0.4, 0.5) is 0 Å². The monoisotopic (exact) mass is 354 g/mol. The van der Waals surface area contributed by atoms with Gasteiger partial charge >= 0.3 is 0 Å². The zero-order valence-corrected chi connectivity index (χ0v) is 16.5. The molecule has 0 spiro atoms. The lowest BCUT2D eigenvalue weighted by Gasteiger charge is -2.34. The number of guanidine groups is 1. The molecule has 2 saturated heterocycles. The summed E-state index contributed by atoms with van der Waals surface area (Å²) in [6.45, 7) is 13.5. The van der Waals surface area contributed by atoms with Gasteiger partial charge in [-0.3, -0.25) is 4.99 Å². The highest BCUT2D eigenvalue weighted by atomic mass is 16.5. The normalized spacial score (nSPS) is 23.4. The molecule has 0 aliphatic carbocycles. The minimum atomic E-state index is 0.393. The van der Waals surface area contributed by atoms with E-state index in [4.69, 9.17) is 14.5 Å². The predicted molar refractivity (Wildman–Crippen MR) is 103 cm³/mol. The van der Waals surface area contributed by atoms with E-state index in [1.807, 2.05) is 0 Å². The van der Waals surface area contributed by atoms with Gasteiger partial charge in [0, 0.05) is 53.0 Å². The Morgan fingerprint density at radius 2 is 1.92 bits per heavy atom. The highest BCUT2D eigenvalue weighted by molar-refractivity contribution is 5.80. The van der Waals surface area contributed by atoms with Gasteiger partial charge in [0.15, 0.2) is 5.96 Å². The van der Waals surface area contributed by atoms with Crippen molar-refractivity contribution in [1.29, 1.82) is 0 Å². The number of rotatable bonds is 9. The van der Waals surface area contributed by atoms with Crippen LogP contribution in [0.25, 0.3) is 0 Å². The second kappa shape index (κ2) is 11.7. The van der Waals surface area contributed by atoms with Gasteiger partial charge in [-0.15, -0.1) is 0 Å². The Morgan fingerprint density at radius 3 is 2.56 bits per heavy atom. The number of nitrogens with one attached hydrogen (secondary N) is 1. The van der Waals surface area contributed by atoms with E-state index < -0.39 is 0 Å². The molecule has 0 bridgehead atoms. The molecule has 0 saturated carbocycles. The lowest BCUT2D eigenvalue weighted by atomic mass is 10.1. The van der Waals surface area contributed by atoms with Crippen LogP contribution in [-0.2, 0) is 9.47 Å². The second-order valence-corrected chi connectivity index (χ2v) is 7.15. The maximum atomic E-state index is 5.97. The Labute approximate surface area is 153 Å². The molecule has 0 radical (unpaired) electrons. The van der Waals surface area contributed by atoms with Crippen LogP contribution in [0.5, 0.6) is 0 Å². The molecule has 0 aromatic rings. The molecule has 0 aromatic carbocycles. The Kier molecular flexibility index (Phi) is 9.58. The number of methoxy groups -OCH3 is 1. The van der Waals surface area contributed by atoms with Crippen molar-refractivity contribution in [1.82, 2.24) is 15.1 Å². The summed E-state index contributed by atoms with van der Waals surface area (Å²) in [5, 5.41) is 3.48. The van der Waals surface area contributed by atoms with Crippen molar-refractivity contribution in [3.05, 3.63) is 0 Å². The summed E-state index contributed by atoms with van der Waals surface area (Å²) in [7, 11) is 1.74. The second-order valence-electron chi connectivity index (χ2n) is 7.15. The Morgan fingerprint density at radius 1 is 1.12 bits per heavy atom. The molecule has 0 amide bonds. The van der Waals surface area contributed by atoms with Crippen LogP contribution in [0.2, 0.25) is 0 Å². The zero-order valence-electron chi connectivity index (χ0n) is 16.5. The zero-order chi connectivity index (χ0) is 17.9. The fraction of sp³-hybridized carbons (Fsp3) is 0.947. The molecule has 1 atom stereocenters. The van der Waals surface area contributed by atoms with E-state index in [1.54, 1.807) is 7.11 Å². The number of likely N-dealkylation sites (tertiary alicyclic amines) is 2. The molecule has 2 aliphatic rings. The van der Waals surface area contributed by atoms with Gasteiger partial charge in [0.1, 0.15) is 0 Å². The van der Waals surface area contributed by atoms with E-state index in [-0.39, 0.29) is 0 Å².